The van der Waals surface area contributed by atoms with E-state index in [1.165, 1.54) is 15.7 Å². The van der Waals surface area contributed by atoms with Crippen molar-refractivity contribution in [2.45, 2.75) is 32.4 Å². The van der Waals surface area contributed by atoms with Gasteiger partial charge in [0.25, 0.3) is 5.56 Å². The summed E-state index contributed by atoms with van der Waals surface area (Å²) in [6.45, 7) is 3.99. The summed E-state index contributed by atoms with van der Waals surface area (Å²) in [6.07, 6.45) is -3.85. The second-order valence-electron chi connectivity index (χ2n) is 6.63. The van der Waals surface area contributed by atoms with Gasteiger partial charge in [0.1, 0.15) is 0 Å². The van der Waals surface area contributed by atoms with Crippen molar-refractivity contribution in [3.05, 3.63) is 56.6 Å². The Hall–Kier alpha value is -2.42. The molecule has 142 valence electrons. The summed E-state index contributed by atoms with van der Waals surface area (Å²) in [6, 6.07) is 3.79. The van der Waals surface area contributed by atoms with E-state index in [9.17, 15) is 22.4 Å². The summed E-state index contributed by atoms with van der Waals surface area (Å²) >= 11 is 1.30. The van der Waals surface area contributed by atoms with Crippen LogP contribution in [-0.4, -0.2) is 9.38 Å². The summed E-state index contributed by atoms with van der Waals surface area (Å²) in [5.74, 6) is -1.63. The molecule has 0 amide bonds. The molecule has 4 rings (SSSR count). The number of halogens is 4. The smallest absolute Gasteiger partial charge is 0.419 e. The molecule has 9 heteroatoms. The molecule has 2 unspecified atom stereocenters. The van der Waals surface area contributed by atoms with Gasteiger partial charge in [-0.15, -0.1) is 11.3 Å². The Morgan fingerprint density at radius 1 is 1.33 bits per heavy atom. The van der Waals surface area contributed by atoms with E-state index in [2.05, 4.69) is 11.9 Å². The van der Waals surface area contributed by atoms with Gasteiger partial charge in [-0.25, -0.2) is 4.39 Å². The van der Waals surface area contributed by atoms with E-state index >= 15 is 0 Å². The highest BCUT2D eigenvalue weighted by molar-refractivity contribution is 7.17. The molecule has 4 nitrogen and oxygen atoms in total. The lowest BCUT2D eigenvalue weighted by Gasteiger charge is -2.11. The first-order valence-electron chi connectivity index (χ1n) is 8.23. The van der Waals surface area contributed by atoms with Gasteiger partial charge < -0.3 is 4.74 Å². The lowest BCUT2D eigenvalue weighted by atomic mass is 10.2. The average Bonchev–Trinajstić information content (AvgIpc) is 3.17. The number of rotatable bonds is 3. The summed E-state index contributed by atoms with van der Waals surface area (Å²) in [7, 11) is 0. The average molecular weight is 398 g/mol. The predicted molar refractivity (Wildman–Crippen MR) is 92.1 cm³/mol. The minimum Gasteiger partial charge on any atom is -0.436 e. The molecule has 0 aliphatic heterocycles. The van der Waals surface area contributed by atoms with E-state index in [0.29, 0.717) is 22.9 Å². The molecule has 2 atom stereocenters. The van der Waals surface area contributed by atoms with Gasteiger partial charge in [0.2, 0.25) is 5.88 Å². The maximum Gasteiger partial charge on any atom is 0.419 e. The number of thiazole rings is 1. The third-order valence-electron chi connectivity index (χ3n) is 4.65. The zero-order valence-electron chi connectivity index (χ0n) is 14.3. The first-order valence-corrected chi connectivity index (χ1v) is 9.05. The molecule has 0 spiro atoms. The van der Waals surface area contributed by atoms with Crippen LogP contribution in [0.25, 0.3) is 4.96 Å². The van der Waals surface area contributed by atoms with Crippen LogP contribution in [0.15, 0.2) is 29.1 Å². The summed E-state index contributed by atoms with van der Waals surface area (Å²) in [4.78, 5) is 18.1. The fourth-order valence-corrected chi connectivity index (χ4v) is 4.22. The lowest BCUT2D eigenvalue weighted by Crippen LogP contribution is -2.15. The van der Waals surface area contributed by atoms with E-state index in [1.54, 1.807) is 0 Å². The van der Waals surface area contributed by atoms with Crippen molar-refractivity contribution in [3.63, 3.8) is 0 Å². The maximum atomic E-state index is 14.1. The second kappa shape index (κ2) is 6.05. The topological polar surface area (TPSA) is 43.6 Å². The molecule has 2 aromatic heterocycles. The number of nitrogens with zero attached hydrogens (tertiary/aromatic N) is 2. The van der Waals surface area contributed by atoms with Gasteiger partial charge >= 0.3 is 6.18 Å². The van der Waals surface area contributed by atoms with Crippen LogP contribution < -0.4 is 10.3 Å². The molecular weight excluding hydrogens is 384 g/mol. The third kappa shape index (κ3) is 3.09. The maximum absolute atomic E-state index is 14.1. The molecule has 0 bridgehead atoms. The summed E-state index contributed by atoms with van der Waals surface area (Å²) in [5.41, 5.74) is -0.924. The van der Waals surface area contributed by atoms with Crippen LogP contribution in [0, 0.1) is 18.7 Å². The molecular formula is C18H14F4N2O2S. The second-order valence-corrected chi connectivity index (χ2v) is 7.81. The number of aryl methyl sites for hydroxylation is 1. The van der Waals surface area contributed by atoms with E-state index < -0.39 is 28.9 Å². The van der Waals surface area contributed by atoms with Crippen molar-refractivity contribution >= 4 is 16.3 Å². The van der Waals surface area contributed by atoms with E-state index in [4.69, 9.17) is 4.74 Å². The number of hydrogen-bond acceptors (Lipinski definition) is 4. The summed E-state index contributed by atoms with van der Waals surface area (Å²) in [5, 5.41) is 0. The van der Waals surface area contributed by atoms with Crippen LogP contribution in [0.2, 0.25) is 0 Å². The quantitative estimate of drug-likeness (QED) is 0.574. The van der Waals surface area contributed by atoms with Crippen LogP contribution >= 0.6 is 11.3 Å². The molecule has 0 radical (unpaired) electrons. The number of benzene rings is 1. The number of alkyl halides is 3. The Morgan fingerprint density at radius 2 is 2.04 bits per heavy atom. The minimum atomic E-state index is -4.85. The van der Waals surface area contributed by atoms with E-state index in [1.807, 2.05) is 6.92 Å². The van der Waals surface area contributed by atoms with Gasteiger partial charge in [0.15, 0.2) is 16.5 Å². The normalized spacial score (nSPS) is 19.5. The number of hydrogen-bond donors (Lipinski definition) is 0. The van der Waals surface area contributed by atoms with Crippen molar-refractivity contribution in [1.29, 1.82) is 0 Å². The van der Waals surface area contributed by atoms with Crippen molar-refractivity contribution in [2.24, 2.45) is 5.92 Å². The van der Waals surface area contributed by atoms with Crippen molar-refractivity contribution in [2.75, 3.05) is 0 Å². The van der Waals surface area contributed by atoms with Gasteiger partial charge in [0.05, 0.1) is 11.6 Å². The molecule has 1 saturated carbocycles. The van der Waals surface area contributed by atoms with E-state index in [-0.39, 0.29) is 5.88 Å². The zero-order valence-corrected chi connectivity index (χ0v) is 15.1. The van der Waals surface area contributed by atoms with Crippen molar-refractivity contribution < 1.29 is 22.3 Å². The van der Waals surface area contributed by atoms with Crippen LogP contribution in [0.3, 0.4) is 0 Å². The van der Waals surface area contributed by atoms with E-state index in [0.717, 1.165) is 35.2 Å². The minimum absolute atomic E-state index is 0.241. The standard InChI is InChI=1S/C18H14F4N2O2S/c1-8-6-10(8)16-9(2)27-17-23-13(7-14(25)24(16)17)26-12-5-3-4-11(15(12)19)18(20,21)22/h3-5,7-8,10H,6H2,1-2H3. The molecule has 2 heterocycles. The first-order chi connectivity index (χ1) is 12.7. The van der Waals surface area contributed by atoms with Crippen LogP contribution in [0.4, 0.5) is 17.6 Å². The largest absolute Gasteiger partial charge is 0.436 e. The third-order valence-corrected chi connectivity index (χ3v) is 5.63. The number of ether oxygens (including phenoxy) is 1. The highest BCUT2D eigenvalue weighted by Crippen LogP contribution is 2.49. The molecule has 0 saturated heterocycles. The molecule has 1 aliphatic carbocycles. The molecule has 27 heavy (non-hydrogen) atoms. The van der Waals surface area contributed by atoms with Crippen LogP contribution in [-0.2, 0) is 6.18 Å². The lowest BCUT2D eigenvalue weighted by molar-refractivity contribution is -0.140. The molecule has 3 aromatic rings. The Kier molecular flexibility index (Phi) is 4.03. The monoisotopic (exact) mass is 398 g/mol. The van der Waals surface area contributed by atoms with Gasteiger partial charge in [-0.05, 0) is 31.4 Å². The van der Waals surface area contributed by atoms with Gasteiger partial charge in [-0.2, -0.15) is 18.2 Å². The molecule has 1 aromatic carbocycles. The first kappa shape index (κ1) is 18.0. The Bertz CT molecular complexity index is 1100. The Morgan fingerprint density at radius 3 is 2.67 bits per heavy atom. The van der Waals surface area contributed by atoms with Crippen molar-refractivity contribution in [1.82, 2.24) is 9.38 Å². The highest BCUT2D eigenvalue weighted by atomic mass is 32.1. The van der Waals surface area contributed by atoms with Gasteiger partial charge in [-0.1, -0.05) is 13.0 Å². The van der Waals surface area contributed by atoms with Gasteiger partial charge in [-0.3, -0.25) is 9.20 Å². The number of fused-ring (bicyclic) bond motifs is 1. The fraction of sp³-hybridized carbons (Fsp3) is 0.333. The van der Waals surface area contributed by atoms with Crippen molar-refractivity contribution in [3.8, 4) is 11.6 Å². The molecule has 1 aliphatic rings. The fourth-order valence-electron chi connectivity index (χ4n) is 3.18. The predicted octanol–water partition coefficient (Wildman–Crippen LogP) is 5.14. The van der Waals surface area contributed by atoms with Crippen LogP contribution in [0.1, 0.15) is 35.4 Å². The number of aromatic nitrogens is 2. The molecule has 1 fully saturated rings. The zero-order chi connectivity index (χ0) is 19.5. The van der Waals surface area contributed by atoms with Gasteiger partial charge in [0, 0.05) is 16.5 Å². The Labute approximate surface area is 155 Å². The summed E-state index contributed by atoms with van der Waals surface area (Å²) < 4.78 is 59.3. The Balaban J connectivity index is 1.75. The molecule has 0 N–H and O–H groups in total. The van der Waals surface area contributed by atoms with Crippen LogP contribution in [0.5, 0.6) is 11.6 Å². The highest BCUT2D eigenvalue weighted by Gasteiger charge is 2.38. The SMILES string of the molecule is Cc1sc2nc(Oc3cccc(C(F)(F)F)c3F)cc(=O)n2c1C1CC1C.